The van der Waals surface area contributed by atoms with Crippen LogP contribution in [0.25, 0.3) is 10.9 Å². The number of para-hydroxylation sites is 1. The van der Waals surface area contributed by atoms with E-state index >= 15 is 0 Å². The number of amides is 3. The zero-order valence-corrected chi connectivity index (χ0v) is 15.4. The fourth-order valence-electron chi connectivity index (χ4n) is 3.25. The number of aromatic nitrogens is 1. The van der Waals surface area contributed by atoms with E-state index in [0.717, 1.165) is 27.4 Å². The normalized spacial score (nSPS) is 17.0. The minimum Gasteiger partial charge on any atom is -0.360 e. The van der Waals surface area contributed by atoms with Gasteiger partial charge in [-0.15, -0.1) is 0 Å². The van der Waals surface area contributed by atoms with E-state index in [2.05, 4.69) is 10.3 Å². The minimum absolute atomic E-state index is 0.0139. The first-order valence-corrected chi connectivity index (χ1v) is 9.00. The number of carbonyl (C=O) groups is 2. The first-order chi connectivity index (χ1) is 12.9. The highest BCUT2D eigenvalue weighted by molar-refractivity contribution is 6.35. The average molecular weight is 406 g/mol. The van der Waals surface area contributed by atoms with Gasteiger partial charge in [-0.3, -0.25) is 9.69 Å². The van der Waals surface area contributed by atoms with Gasteiger partial charge in [0.25, 0.3) is 5.91 Å². The highest BCUT2D eigenvalue weighted by Crippen LogP contribution is 2.27. The highest BCUT2D eigenvalue weighted by atomic mass is 35.5. The molecule has 0 aliphatic carbocycles. The first kappa shape index (κ1) is 17.8. The molecule has 4 rings (SSSR count). The topological polar surface area (TPSA) is 65.2 Å². The number of hydrogen-bond acceptors (Lipinski definition) is 2. The number of H-pyrrole nitrogens is 1. The van der Waals surface area contributed by atoms with Gasteiger partial charge in [0.15, 0.2) is 0 Å². The molecule has 5 nitrogen and oxygen atoms in total. The summed E-state index contributed by atoms with van der Waals surface area (Å²) in [6.07, 6.45) is 2.12. The van der Waals surface area contributed by atoms with Gasteiger partial charge in [0.1, 0.15) is 11.9 Å². The van der Waals surface area contributed by atoms with E-state index in [1.54, 1.807) is 12.3 Å². The molecule has 1 aromatic heterocycles. The summed E-state index contributed by atoms with van der Waals surface area (Å²) in [6, 6.07) is 8.20. The summed E-state index contributed by atoms with van der Waals surface area (Å²) < 4.78 is 13.2. The Morgan fingerprint density at radius 3 is 2.67 bits per heavy atom. The molecule has 3 aromatic rings. The van der Waals surface area contributed by atoms with E-state index in [-0.39, 0.29) is 17.5 Å². The van der Waals surface area contributed by atoms with Crippen molar-refractivity contribution >= 4 is 46.0 Å². The fourth-order valence-corrected chi connectivity index (χ4v) is 3.71. The number of carbonyl (C=O) groups excluding carboxylic acids is 2. The molecule has 0 unspecified atom stereocenters. The van der Waals surface area contributed by atoms with Crippen molar-refractivity contribution < 1.29 is 14.0 Å². The van der Waals surface area contributed by atoms with E-state index in [1.807, 2.05) is 12.1 Å². The predicted molar refractivity (Wildman–Crippen MR) is 101 cm³/mol. The standard InChI is InChI=1S/C19H14Cl2FN3O2/c20-14-3-1-2-13-11(8-23-17(13)14)6-16-18(26)25(19(27)24-16)9-10-4-5-12(22)7-15(10)21/h1-5,7-8,16,23H,6,9H2,(H,24,27)/t16-/m1/s1. The maximum atomic E-state index is 13.2. The molecule has 1 fully saturated rings. The molecule has 2 heterocycles. The summed E-state index contributed by atoms with van der Waals surface area (Å²) in [4.78, 5) is 29.2. The number of rotatable bonds is 4. The van der Waals surface area contributed by atoms with Crippen LogP contribution in [0.15, 0.2) is 42.6 Å². The summed E-state index contributed by atoms with van der Waals surface area (Å²) >= 11 is 12.2. The molecule has 2 aromatic carbocycles. The Balaban J connectivity index is 1.54. The number of halogens is 3. The predicted octanol–water partition coefficient (Wildman–Crippen LogP) is 4.28. The van der Waals surface area contributed by atoms with Gasteiger partial charge in [0, 0.05) is 23.0 Å². The Labute approximate surface area is 164 Å². The van der Waals surface area contributed by atoms with E-state index in [1.165, 1.54) is 12.1 Å². The number of nitrogens with one attached hydrogen (secondary N) is 2. The quantitative estimate of drug-likeness (QED) is 0.636. The van der Waals surface area contributed by atoms with Gasteiger partial charge in [-0.2, -0.15) is 0 Å². The lowest BCUT2D eigenvalue weighted by molar-refractivity contribution is -0.127. The van der Waals surface area contributed by atoms with Gasteiger partial charge in [0.2, 0.25) is 0 Å². The number of nitrogens with zero attached hydrogens (tertiary/aromatic N) is 1. The zero-order chi connectivity index (χ0) is 19.1. The summed E-state index contributed by atoms with van der Waals surface area (Å²) in [6.45, 7) is -0.0139. The van der Waals surface area contributed by atoms with Crippen molar-refractivity contribution in [3.05, 3.63) is 69.6 Å². The Morgan fingerprint density at radius 2 is 1.89 bits per heavy atom. The van der Waals surface area contributed by atoms with Crippen LogP contribution in [0.4, 0.5) is 9.18 Å². The molecule has 0 saturated carbocycles. The average Bonchev–Trinajstić information content (AvgIpc) is 3.15. The second kappa shape index (κ2) is 6.87. The molecular formula is C19H14Cl2FN3O2. The Bertz CT molecular complexity index is 1070. The molecule has 27 heavy (non-hydrogen) atoms. The minimum atomic E-state index is -0.685. The molecule has 138 valence electrons. The van der Waals surface area contributed by atoms with Crippen molar-refractivity contribution in [3.63, 3.8) is 0 Å². The van der Waals surface area contributed by atoms with Crippen LogP contribution in [0.5, 0.6) is 0 Å². The molecule has 1 aliphatic heterocycles. The number of imide groups is 1. The second-order valence-electron chi connectivity index (χ2n) is 6.34. The second-order valence-corrected chi connectivity index (χ2v) is 7.16. The molecule has 0 bridgehead atoms. The van der Waals surface area contributed by atoms with Crippen LogP contribution in [0.2, 0.25) is 10.0 Å². The fraction of sp³-hybridized carbons (Fsp3) is 0.158. The molecule has 1 atom stereocenters. The van der Waals surface area contributed by atoms with Gasteiger partial charge in [-0.25, -0.2) is 9.18 Å². The van der Waals surface area contributed by atoms with Gasteiger partial charge < -0.3 is 10.3 Å². The van der Waals surface area contributed by atoms with Gasteiger partial charge in [0.05, 0.1) is 17.1 Å². The van der Waals surface area contributed by atoms with Gasteiger partial charge in [-0.05, 0) is 29.3 Å². The third-order valence-corrected chi connectivity index (χ3v) is 5.29. The maximum absolute atomic E-state index is 13.2. The Hall–Kier alpha value is -2.57. The summed E-state index contributed by atoms with van der Waals surface area (Å²) in [5.74, 6) is -0.825. The molecule has 0 spiro atoms. The molecular weight excluding hydrogens is 392 g/mol. The van der Waals surface area contributed by atoms with Gasteiger partial charge >= 0.3 is 6.03 Å². The van der Waals surface area contributed by atoms with Crippen molar-refractivity contribution in [2.75, 3.05) is 0 Å². The Kier molecular flexibility index (Phi) is 4.53. The molecule has 1 saturated heterocycles. The van der Waals surface area contributed by atoms with Crippen LogP contribution in [0, 0.1) is 5.82 Å². The van der Waals surface area contributed by atoms with Crippen LogP contribution >= 0.6 is 23.2 Å². The van der Waals surface area contributed by atoms with Crippen molar-refractivity contribution in [3.8, 4) is 0 Å². The van der Waals surface area contributed by atoms with Crippen molar-refractivity contribution in [2.24, 2.45) is 0 Å². The lowest BCUT2D eigenvalue weighted by Crippen LogP contribution is -2.32. The molecule has 2 N–H and O–H groups in total. The van der Waals surface area contributed by atoms with E-state index < -0.39 is 17.9 Å². The van der Waals surface area contributed by atoms with Crippen LogP contribution < -0.4 is 5.32 Å². The number of hydrogen-bond donors (Lipinski definition) is 2. The summed E-state index contributed by atoms with van der Waals surface area (Å²) in [5, 5.41) is 4.37. The van der Waals surface area contributed by atoms with Crippen LogP contribution in [-0.2, 0) is 17.8 Å². The molecule has 1 aliphatic rings. The molecule has 8 heteroatoms. The monoisotopic (exact) mass is 405 g/mol. The van der Waals surface area contributed by atoms with Gasteiger partial charge in [-0.1, -0.05) is 41.4 Å². The highest BCUT2D eigenvalue weighted by Gasteiger charge is 2.38. The number of benzene rings is 2. The lowest BCUT2D eigenvalue weighted by Gasteiger charge is -2.14. The number of fused-ring (bicyclic) bond motifs is 1. The zero-order valence-electron chi connectivity index (χ0n) is 13.9. The number of aromatic amines is 1. The smallest absolute Gasteiger partial charge is 0.325 e. The van der Waals surface area contributed by atoms with Crippen LogP contribution in [0.3, 0.4) is 0 Å². The summed E-state index contributed by atoms with van der Waals surface area (Å²) in [7, 11) is 0. The van der Waals surface area contributed by atoms with E-state index in [9.17, 15) is 14.0 Å². The summed E-state index contributed by atoms with van der Waals surface area (Å²) in [5.41, 5.74) is 2.18. The van der Waals surface area contributed by atoms with Crippen molar-refractivity contribution in [1.29, 1.82) is 0 Å². The maximum Gasteiger partial charge on any atom is 0.325 e. The Morgan fingerprint density at radius 1 is 1.07 bits per heavy atom. The third-order valence-electron chi connectivity index (χ3n) is 4.62. The van der Waals surface area contributed by atoms with Crippen LogP contribution in [0.1, 0.15) is 11.1 Å². The van der Waals surface area contributed by atoms with E-state index in [4.69, 9.17) is 23.2 Å². The van der Waals surface area contributed by atoms with E-state index in [0.29, 0.717) is 17.0 Å². The molecule has 3 amide bonds. The first-order valence-electron chi connectivity index (χ1n) is 8.24. The third kappa shape index (κ3) is 3.26. The molecule has 0 radical (unpaired) electrons. The largest absolute Gasteiger partial charge is 0.360 e. The van der Waals surface area contributed by atoms with Crippen molar-refractivity contribution in [1.82, 2.24) is 15.2 Å². The van der Waals surface area contributed by atoms with Crippen LogP contribution in [-0.4, -0.2) is 27.9 Å². The lowest BCUT2D eigenvalue weighted by atomic mass is 10.0. The number of urea groups is 1. The SMILES string of the molecule is O=C1N[C@H](Cc2c[nH]c3c(Cl)cccc23)C(=O)N1Cc1ccc(F)cc1Cl. The van der Waals surface area contributed by atoms with Crippen molar-refractivity contribution in [2.45, 2.75) is 19.0 Å².